The Morgan fingerprint density at radius 2 is 0.625 bits per heavy atom. The van der Waals surface area contributed by atoms with Gasteiger partial charge in [-0.25, -0.2) is 0 Å². The fraction of sp³-hybridized carbons (Fsp3) is 0.125. The summed E-state index contributed by atoms with van der Waals surface area (Å²) in [4.78, 5) is 0. The van der Waals surface area contributed by atoms with Crippen LogP contribution in [0.3, 0.4) is 0 Å². The van der Waals surface area contributed by atoms with Crippen LogP contribution >= 0.6 is 0 Å². The minimum absolute atomic E-state index is 1.08. The fourth-order valence-electron chi connectivity index (χ4n) is 4.06. The minimum Gasteiger partial charge on any atom is -0.0761 e. The number of hydrogen-bond acceptors (Lipinski definition) is 0. The van der Waals surface area contributed by atoms with Crippen molar-refractivity contribution in [1.82, 2.24) is 0 Å². The molecule has 0 heterocycles. The van der Waals surface area contributed by atoms with Crippen molar-refractivity contribution in [2.45, 2.75) is 25.7 Å². The Balaban J connectivity index is 1.43. The molecule has 0 aromatic heterocycles. The zero-order valence-corrected chi connectivity index (χ0v) is 18.5. The second-order valence-electron chi connectivity index (χ2n) is 7.98. The molecule has 0 N–H and O–H groups in total. The molecule has 0 unspecified atom stereocenters. The van der Waals surface area contributed by atoms with E-state index in [2.05, 4.69) is 133 Å². The third-order valence-corrected chi connectivity index (χ3v) is 5.69. The lowest BCUT2D eigenvalue weighted by atomic mass is 9.95. The predicted octanol–water partition coefficient (Wildman–Crippen LogP) is 8.81. The highest BCUT2D eigenvalue weighted by molar-refractivity contribution is 5.80. The van der Waals surface area contributed by atoms with Gasteiger partial charge < -0.3 is 0 Å². The van der Waals surface area contributed by atoms with Crippen molar-refractivity contribution >= 4 is 11.1 Å². The van der Waals surface area contributed by atoms with Gasteiger partial charge in [-0.1, -0.05) is 133 Å². The number of benzene rings is 4. The van der Waals surface area contributed by atoms with Crippen LogP contribution in [0.25, 0.3) is 11.1 Å². The van der Waals surface area contributed by atoms with Gasteiger partial charge in [0, 0.05) is 0 Å². The third-order valence-electron chi connectivity index (χ3n) is 5.69. The summed E-state index contributed by atoms with van der Waals surface area (Å²) in [6.07, 6.45) is 9.33. The van der Waals surface area contributed by atoms with Gasteiger partial charge >= 0.3 is 0 Å². The van der Waals surface area contributed by atoms with Gasteiger partial charge in [-0.05, 0) is 59.1 Å². The highest BCUT2D eigenvalue weighted by Gasteiger charge is 2.05. The quantitative estimate of drug-likeness (QED) is 0.240. The molecule has 0 saturated carbocycles. The van der Waals surface area contributed by atoms with Gasteiger partial charge in [0.25, 0.3) is 0 Å². The number of hydrogen-bond donors (Lipinski definition) is 0. The SMILES string of the molecule is C(CCCCC=C(c1ccccc1)c1ccccc1)=C(c1ccccc1)c1ccccc1. The molecule has 0 saturated heterocycles. The molecule has 4 aromatic rings. The molecule has 0 heteroatoms. The third kappa shape index (κ3) is 5.95. The largest absolute Gasteiger partial charge is 0.0761 e. The molecule has 0 aliphatic heterocycles. The zero-order valence-electron chi connectivity index (χ0n) is 18.5. The van der Waals surface area contributed by atoms with Crippen molar-refractivity contribution in [1.29, 1.82) is 0 Å². The Labute approximate surface area is 192 Å². The molecule has 0 aliphatic rings. The van der Waals surface area contributed by atoms with E-state index >= 15 is 0 Å². The Hall–Kier alpha value is -3.64. The molecule has 0 bridgehead atoms. The summed E-state index contributed by atoms with van der Waals surface area (Å²) in [6.45, 7) is 0. The zero-order chi connectivity index (χ0) is 21.8. The first kappa shape index (κ1) is 21.6. The van der Waals surface area contributed by atoms with Crippen molar-refractivity contribution < 1.29 is 0 Å². The van der Waals surface area contributed by atoms with Crippen LogP contribution in [0.4, 0.5) is 0 Å². The summed E-state index contributed by atoms with van der Waals surface area (Å²) in [7, 11) is 0. The molecular weight excluding hydrogens is 384 g/mol. The van der Waals surface area contributed by atoms with Crippen LogP contribution in [0.15, 0.2) is 133 Å². The molecule has 0 atom stereocenters. The maximum absolute atomic E-state index is 2.41. The monoisotopic (exact) mass is 414 g/mol. The maximum Gasteiger partial charge on any atom is -0.0151 e. The summed E-state index contributed by atoms with van der Waals surface area (Å²) < 4.78 is 0. The summed E-state index contributed by atoms with van der Waals surface area (Å²) in [5.74, 6) is 0. The van der Waals surface area contributed by atoms with E-state index in [0.717, 1.165) is 12.8 Å². The second kappa shape index (κ2) is 11.7. The Bertz CT molecular complexity index is 944. The lowest BCUT2D eigenvalue weighted by Gasteiger charge is -2.10. The molecule has 4 aromatic carbocycles. The van der Waals surface area contributed by atoms with E-state index < -0.39 is 0 Å². The first-order valence-electron chi connectivity index (χ1n) is 11.5. The molecule has 0 spiro atoms. The van der Waals surface area contributed by atoms with Gasteiger partial charge in [0.1, 0.15) is 0 Å². The van der Waals surface area contributed by atoms with Crippen LogP contribution < -0.4 is 0 Å². The Kier molecular flexibility index (Phi) is 7.87. The normalized spacial score (nSPS) is 10.4. The fourth-order valence-corrected chi connectivity index (χ4v) is 4.06. The van der Waals surface area contributed by atoms with E-state index in [9.17, 15) is 0 Å². The van der Waals surface area contributed by atoms with Crippen molar-refractivity contribution in [2.24, 2.45) is 0 Å². The molecule has 0 aliphatic carbocycles. The van der Waals surface area contributed by atoms with Gasteiger partial charge in [0.2, 0.25) is 0 Å². The molecule has 0 radical (unpaired) electrons. The first-order valence-corrected chi connectivity index (χ1v) is 11.5. The van der Waals surface area contributed by atoms with Gasteiger partial charge in [0.15, 0.2) is 0 Å². The van der Waals surface area contributed by atoms with Gasteiger partial charge in [-0.15, -0.1) is 0 Å². The molecular formula is C32H30. The van der Waals surface area contributed by atoms with Crippen molar-refractivity contribution in [3.05, 3.63) is 156 Å². The van der Waals surface area contributed by atoms with Crippen LogP contribution in [-0.2, 0) is 0 Å². The minimum atomic E-state index is 1.08. The van der Waals surface area contributed by atoms with Crippen LogP contribution in [0, 0.1) is 0 Å². The Morgan fingerprint density at radius 3 is 0.875 bits per heavy atom. The van der Waals surface area contributed by atoms with E-state index in [0.29, 0.717) is 0 Å². The number of unbranched alkanes of at least 4 members (excludes halogenated alkanes) is 3. The van der Waals surface area contributed by atoms with E-state index in [4.69, 9.17) is 0 Å². The smallest absolute Gasteiger partial charge is 0.0151 e. The topological polar surface area (TPSA) is 0 Å². The summed E-state index contributed by atoms with van der Waals surface area (Å²) in [5.41, 5.74) is 7.80. The number of allylic oxidation sites excluding steroid dienone is 2. The summed E-state index contributed by atoms with van der Waals surface area (Å²) >= 11 is 0. The molecule has 0 fully saturated rings. The predicted molar refractivity (Wildman–Crippen MR) is 138 cm³/mol. The lowest BCUT2D eigenvalue weighted by molar-refractivity contribution is 0.763. The van der Waals surface area contributed by atoms with Crippen molar-refractivity contribution in [3.8, 4) is 0 Å². The second-order valence-corrected chi connectivity index (χ2v) is 7.98. The maximum atomic E-state index is 2.41. The van der Waals surface area contributed by atoms with E-state index in [1.54, 1.807) is 0 Å². The van der Waals surface area contributed by atoms with E-state index in [1.165, 1.54) is 46.2 Å². The number of rotatable bonds is 9. The average Bonchev–Trinajstić information content (AvgIpc) is 2.88. The molecule has 158 valence electrons. The van der Waals surface area contributed by atoms with Crippen molar-refractivity contribution in [3.63, 3.8) is 0 Å². The summed E-state index contributed by atoms with van der Waals surface area (Å²) in [6, 6.07) is 42.9. The average molecular weight is 415 g/mol. The molecule has 0 nitrogen and oxygen atoms in total. The van der Waals surface area contributed by atoms with Crippen molar-refractivity contribution in [2.75, 3.05) is 0 Å². The highest BCUT2D eigenvalue weighted by Crippen LogP contribution is 2.26. The standard InChI is InChI=1S/C32H30/c1(15-25-31(27-17-7-3-8-18-27)28-19-9-4-10-20-28)2-16-26-32(29-21-11-5-12-22-29)30-23-13-6-14-24-30/h3-14,17-26H,1-2,15-16H2. The Morgan fingerprint density at radius 1 is 0.375 bits per heavy atom. The first-order chi connectivity index (χ1) is 15.9. The van der Waals surface area contributed by atoms with E-state index in [1.807, 2.05) is 0 Å². The van der Waals surface area contributed by atoms with Crippen LogP contribution in [0.5, 0.6) is 0 Å². The van der Waals surface area contributed by atoms with Gasteiger partial charge in [-0.3, -0.25) is 0 Å². The van der Waals surface area contributed by atoms with Crippen LogP contribution in [0.2, 0.25) is 0 Å². The van der Waals surface area contributed by atoms with E-state index in [-0.39, 0.29) is 0 Å². The van der Waals surface area contributed by atoms with Gasteiger partial charge in [-0.2, -0.15) is 0 Å². The highest BCUT2D eigenvalue weighted by atomic mass is 14.1. The van der Waals surface area contributed by atoms with Gasteiger partial charge in [0.05, 0.1) is 0 Å². The molecule has 0 amide bonds. The van der Waals surface area contributed by atoms with Crippen LogP contribution in [0.1, 0.15) is 47.9 Å². The summed E-state index contributed by atoms with van der Waals surface area (Å²) in [5, 5.41) is 0. The van der Waals surface area contributed by atoms with Crippen LogP contribution in [-0.4, -0.2) is 0 Å². The molecule has 4 rings (SSSR count). The lowest BCUT2D eigenvalue weighted by Crippen LogP contribution is -1.89. The molecule has 32 heavy (non-hydrogen) atoms.